The number of nitrogens with zero attached hydrogens (tertiary/aromatic N) is 4. The fourth-order valence-electron chi connectivity index (χ4n) is 3.57. The molecule has 6 heteroatoms. The molecule has 0 spiro atoms. The molecule has 2 aliphatic rings. The summed E-state index contributed by atoms with van der Waals surface area (Å²) in [5, 5.41) is 9.27. The van der Waals surface area contributed by atoms with Crippen LogP contribution in [-0.2, 0) is 6.54 Å². The van der Waals surface area contributed by atoms with Crippen molar-refractivity contribution in [1.29, 1.82) is 0 Å². The molecule has 106 valence electrons. The van der Waals surface area contributed by atoms with Crippen LogP contribution in [0.15, 0.2) is 22.1 Å². The van der Waals surface area contributed by atoms with Crippen molar-refractivity contribution in [3.63, 3.8) is 0 Å². The standard InChI is InChI=1S/C14H18N4OS/c1-10-2-3-11(19-10)8-17-6-4-13-12(17)5-7-18(13)14-16-15-9-20-14/h2-3,9,12-13H,4-8H2,1H3/t12-,13-/m1/s1. The van der Waals surface area contributed by atoms with E-state index in [0.717, 1.165) is 36.3 Å². The average molecular weight is 290 g/mol. The highest BCUT2D eigenvalue weighted by atomic mass is 32.1. The van der Waals surface area contributed by atoms with Gasteiger partial charge in [0.05, 0.1) is 6.54 Å². The minimum absolute atomic E-state index is 0.596. The van der Waals surface area contributed by atoms with Crippen LogP contribution in [0.1, 0.15) is 24.4 Å². The summed E-state index contributed by atoms with van der Waals surface area (Å²) in [5.41, 5.74) is 1.82. The second-order valence-electron chi connectivity index (χ2n) is 5.61. The number of aryl methyl sites for hydroxylation is 1. The maximum Gasteiger partial charge on any atom is 0.208 e. The molecule has 20 heavy (non-hydrogen) atoms. The van der Waals surface area contributed by atoms with Gasteiger partial charge in [0, 0.05) is 25.2 Å². The van der Waals surface area contributed by atoms with E-state index < -0.39 is 0 Å². The fourth-order valence-corrected chi connectivity index (χ4v) is 4.22. The van der Waals surface area contributed by atoms with Gasteiger partial charge in [0.1, 0.15) is 17.0 Å². The van der Waals surface area contributed by atoms with E-state index >= 15 is 0 Å². The van der Waals surface area contributed by atoms with Crippen LogP contribution < -0.4 is 4.90 Å². The number of likely N-dealkylation sites (tertiary alicyclic amines) is 1. The van der Waals surface area contributed by atoms with Crippen molar-refractivity contribution in [3.05, 3.63) is 29.2 Å². The van der Waals surface area contributed by atoms with Crippen molar-refractivity contribution in [3.8, 4) is 0 Å². The van der Waals surface area contributed by atoms with Gasteiger partial charge in [-0.05, 0) is 31.9 Å². The van der Waals surface area contributed by atoms with Crippen molar-refractivity contribution >= 4 is 16.5 Å². The summed E-state index contributed by atoms with van der Waals surface area (Å²) in [6, 6.07) is 5.37. The zero-order chi connectivity index (χ0) is 13.5. The molecule has 2 fully saturated rings. The Kier molecular flexibility index (Phi) is 3.00. The van der Waals surface area contributed by atoms with Crippen molar-refractivity contribution in [2.75, 3.05) is 18.0 Å². The van der Waals surface area contributed by atoms with Gasteiger partial charge in [-0.25, -0.2) is 0 Å². The summed E-state index contributed by atoms with van der Waals surface area (Å²) in [5.74, 6) is 2.08. The normalized spacial score (nSPS) is 26.4. The van der Waals surface area contributed by atoms with Crippen LogP contribution in [0, 0.1) is 6.92 Å². The number of anilines is 1. The summed E-state index contributed by atoms with van der Waals surface area (Å²) in [6.45, 7) is 5.17. The van der Waals surface area contributed by atoms with Crippen LogP contribution >= 0.6 is 11.3 Å². The first-order valence-electron chi connectivity index (χ1n) is 7.13. The topological polar surface area (TPSA) is 45.4 Å². The lowest BCUT2D eigenvalue weighted by atomic mass is 10.1. The molecule has 0 unspecified atom stereocenters. The number of furan rings is 1. The largest absolute Gasteiger partial charge is 0.465 e. The van der Waals surface area contributed by atoms with Crippen molar-refractivity contribution < 1.29 is 4.42 Å². The van der Waals surface area contributed by atoms with E-state index in [1.54, 1.807) is 11.3 Å². The first-order chi connectivity index (χ1) is 9.81. The predicted molar refractivity (Wildman–Crippen MR) is 77.9 cm³/mol. The molecule has 2 aromatic heterocycles. The molecule has 2 saturated heterocycles. The lowest BCUT2D eigenvalue weighted by Crippen LogP contribution is -2.36. The van der Waals surface area contributed by atoms with E-state index in [4.69, 9.17) is 4.42 Å². The fraction of sp³-hybridized carbons (Fsp3) is 0.571. The molecular weight excluding hydrogens is 272 g/mol. The van der Waals surface area contributed by atoms with Gasteiger partial charge in [-0.2, -0.15) is 0 Å². The van der Waals surface area contributed by atoms with Crippen LogP contribution in [-0.4, -0.2) is 40.3 Å². The molecular formula is C14H18N4OS. The van der Waals surface area contributed by atoms with Gasteiger partial charge in [0.2, 0.25) is 5.13 Å². The Morgan fingerprint density at radius 3 is 2.95 bits per heavy atom. The molecule has 2 aliphatic heterocycles. The minimum Gasteiger partial charge on any atom is -0.465 e. The van der Waals surface area contributed by atoms with Crippen LogP contribution in [0.2, 0.25) is 0 Å². The number of hydrogen-bond acceptors (Lipinski definition) is 6. The van der Waals surface area contributed by atoms with E-state index in [2.05, 4.69) is 26.1 Å². The average Bonchev–Trinajstić information content (AvgIpc) is 3.16. The number of hydrogen-bond donors (Lipinski definition) is 0. The van der Waals surface area contributed by atoms with Gasteiger partial charge >= 0.3 is 0 Å². The first kappa shape index (κ1) is 12.3. The summed E-state index contributed by atoms with van der Waals surface area (Å²) < 4.78 is 5.72. The molecule has 0 radical (unpaired) electrons. The minimum atomic E-state index is 0.596. The Morgan fingerprint density at radius 2 is 2.20 bits per heavy atom. The number of aromatic nitrogens is 2. The summed E-state index contributed by atoms with van der Waals surface area (Å²) in [4.78, 5) is 5.00. The molecule has 4 heterocycles. The molecule has 0 N–H and O–H groups in total. The molecule has 0 saturated carbocycles. The Hall–Kier alpha value is -1.40. The van der Waals surface area contributed by atoms with Gasteiger partial charge in [-0.1, -0.05) is 11.3 Å². The molecule has 0 bridgehead atoms. The van der Waals surface area contributed by atoms with Gasteiger partial charge in [-0.15, -0.1) is 10.2 Å². The van der Waals surface area contributed by atoms with E-state index in [9.17, 15) is 0 Å². The van der Waals surface area contributed by atoms with Crippen LogP contribution in [0.3, 0.4) is 0 Å². The van der Waals surface area contributed by atoms with Gasteiger partial charge in [-0.3, -0.25) is 4.90 Å². The Bertz CT molecular complexity index is 582. The zero-order valence-electron chi connectivity index (χ0n) is 11.5. The third kappa shape index (κ3) is 2.03. The lowest BCUT2D eigenvalue weighted by molar-refractivity contribution is 0.225. The Labute approximate surface area is 122 Å². The summed E-state index contributed by atoms with van der Waals surface area (Å²) >= 11 is 1.64. The maximum absolute atomic E-state index is 5.72. The van der Waals surface area contributed by atoms with Crippen LogP contribution in [0.4, 0.5) is 5.13 Å². The van der Waals surface area contributed by atoms with E-state index in [-0.39, 0.29) is 0 Å². The molecule has 2 aromatic rings. The quantitative estimate of drug-likeness (QED) is 0.868. The summed E-state index contributed by atoms with van der Waals surface area (Å²) in [7, 11) is 0. The van der Waals surface area contributed by atoms with Gasteiger partial charge < -0.3 is 9.32 Å². The highest BCUT2D eigenvalue weighted by Crippen LogP contribution is 2.36. The SMILES string of the molecule is Cc1ccc(CN2CC[C@@H]3[C@H]2CCN3c2nncs2)o1. The molecule has 0 amide bonds. The zero-order valence-corrected chi connectivity index (χ0v) is 12.3. The highest BCUT2D eigenvalue weighted by Gasteiger charge is 2.43. The van der Waals surface area contributed by atoms with Crippen molar-refractivity contribution in [2.45, 2.75) is 38.4 Å². The molecule has 2 atom stereocenters. The third-order valence-corrected chi connectivity index (χ3v) is 5.17. The lowest BCUT2D eigenvalue weighted by Gasteiger charge is -2.24. The molecule has 5 nitrogen and oxygen atoms in total. The van der Waals surface area contributed by atoms with Gasteiger partial charge in [0.25, 0.3) is 0 Å². The second kappa shape index (κ2) is 4.86. The highest BCUT2D eigenvalue weighted by molar-refractivity contribution is 7.13. The van der Waals surface area contributed by atoms with Gasteiger partial charge in [0.15, 0.2) is 0 Å². The molecule has 0 aliphatic carbocycles. The molecule has 4 rings (SSSR count). The number of rotatable bonds is 3. The predicted octanol–water partition coefficient (Wildman–Crippen LogP) is 2.29. The van der Waals surface area contributed by atoms with Crippen molar-refractivity contribution in [2.24, 2.45) is 0 Å². The van der Waals surface area contributed by atoms with Crippen LogP contribution in [0.5, 0.6) is 0 Å². The third-order valence-electron chi connectivity index (χ3n) is 4.44. The summed E-state index contributed by atoms with van der Waals surface area (Å²) in [6.07, 6.45) is 2.42. The number of fused-ring (bicyclic) bond motifs is 1. The second-order valence-corrected chi connectivity index (χ2v) is 6.42. The first-order valence-corrected chi connectivity index (χ1v) is 8.01. The van der Waals surface area contributed by atoms with E-state index in [1.807, 2.05) is 18.5 Å². The monoisotopic (exact) mass is 290 g/mol. The van der Waals surface area contributed by atoms with Crippen LogP contribution in [0.25, 0.3) is 0 Å². The van der Waals surface area contributed by atoms with E-state index in [1.165, 1.54) is 12.8 Å². The maximum atomic E-state index is 5.72. The van der Waals surface area contributed by atoms with E-state index in [0.29, 0.717) is 12.1 Å². The van der Waals surface area contributed by atoms with Crippen molar-refractivity contribution in [1.82, 2.24) is 15.1 Å². The smallest absolute Gasteiger partial charge is 0.208 e. The Morgan fingerprint density at radius 1 is 1.30 bits per heavy atom. The molecule has 0 aromatic carbocycles. The Balaban J connectivity index is 1.48.